The normalized spacial score (nSPS) is 13.2. The number of rotatable bonds is 4. The van der Waals surface area contributed by atoms with Gasteiger partial charge in [0.15, 0.2) is 5.82 Å². The summed E-state index contributed by atoms with van der Waals surface area (Å²) < 4.78 is 7.23. The fourth-order valence-electron chi connectivity index (χ4n) is 2.62. The maximum atomic E-state index is 6.15. The van der Waals surface area contributed by atoms with Gasteiger partial charge in [0.1, 0.15) is 5.82 Å². The van der Waals surface area contributed by atoms with Crippen LogP contribution in [0.15, 0.2) is 18.2 Å². The molecule has 0 fully saturated rings. The van der Waals surface area contributed by atoms with Crippen molar-refractivity contribution in [2.75, 3.05) is 25.2 Å². The summed E-state index contributed by atoms with van der Waals surface area (Å²) in [6.07, 6.45) is 0.968. The van der Waals surface area contributed by atoms with Crippen LogP contribution in [0.1, 0.15) is 18.1 Å². The second-order valence-electron chi connectivity index (χ2n) is 4.90. The third-order valence-electron chi connectivity index (χ3n) is 3.52. The van der Waals surface area contributed by atoms with Gasteiger partial charge in [0.05, 0.1) is 17.9 Å². The molecule has 0 saturated carbocycles. The van der Waals surface area contributed by atoms with Gasteiger partial charge in [0.25, 0.3) is 0 Å². The monoisotopic (exact) mass is 292 g/mol. The zero-order valence-corrected chi connectivity index (χ0v) is 12.4. The van der Waals surface area contributed by atoms with Crippen LogP contribution in [0.3, 0.4) is 0 Å². The van der Waals surface area contributed by atoms with Crippen LogP contribution in [0, 0.1) is 6.92 Å². The number of methoxy groups -OCH3 is 1. The molecule has 1 aromatic heterocycles. The van der Waals surface area contributed by atoms with Gasteiger partial charge >= 0.3 is 0 Å². The fraction of sp³-hybridized carbons (Fsp3) is 0.429. The van der Waals surface area contributed by atoms with Crippen molar-refractivity contribution >= 4 is 17.3 Å². The van der Waals surface area contributed by atoms with Crippen LogP contribution in [-0.4, -0.2) is 35.0 Å². The van der Waals surface area contributed by atoms with E-state index in [2.05, 4.69) is 19.7 Å². The zero-order valence-electron chi connectivity index (χ0n) is 11.6. The second-order valence-corrected chi connectivity index (χ2v) is 5.34. The highest BCUT2D eigenvalue weighted by atomic mass is 35.5. The third-order valence-corrected chi connectivity index (χ3v) is 3.75. The van der Waals surface area contributed by atoms with E-state index >= 15 is 0 Å². The quantitative estimate of drug-likeness (QED) is 0.813. The van der Waals surface area contributed by atoms with Gasteiger partial charge in [-0.25, -0.2) is 0 Å². The van der Waals surface area contributed by atoms with E-state index < -0.39 is 0 Å². The molecular weight excluding hydrogens is 276 g/mol. The predicted octanol–water partition coefficient (Wildman–Crippen LogP) is 2.59. The molecule has 1 aliphatic heterocycles. The molecule has 0 radical (unpaired) electrons. The summed E-state index contributed by atoms with van der Waals surface area (Å²) >= 11 is 6.15. The van der Waals surface area contributed by atoms with Gasteiger partial charge in [-0.15, -0.1) is 10.2 Å². The summed E-state index contributed by atoms with van der Waals surface area (Å²) in [5, 5.41) is 9.19. The van der Waals surface area contributed by atoms with E-state index in [9.17, 15) is 0 Å². The average molecular weight is 293 g/mol. The first-order chi connectivity index (χ1) is 9.70. The molecule has 0 spiro atoms. The predicted molar refractivity (Wildman–Crippen MR) is 78.6 cm³/mol. The van der Waals surface area contributed by atoms with Crippen molar-refractivity contribution in [3.05, 3.63) is 34.9 Å². The van der Waals surface area contributed by atoms with Crippen LogP contribution in [-0.2, 0) is 11.3 Å². The maximum Gasteiger partial charge on any atom is 0.157 e. The van der Waals surface area contributed by atoms with E-state index in [1.54, 1.807) is 7.11 Å². The van der Waals surface area contributed by atoms with E-state index in [0.717, 1.165) is 54.2 Å². The largest absolute Gasteiger partial charge is 0.385 e. The topological polar surface area (TPSA) is 43.2 Å². The van der Waals surface area contributed by atoms with Crippen molar-refractivity contribution in [2.45, 2.75) is 19.9 Å². The van der Waals surface area contributed by atoms with Gasteiger partial charge in [-0.1, -0.05) is 11.6 Å². The highest BCUT2D eigenvalue weighted by molar-refractivity contribution is 6.31. The van der Waals surface area contributed by atoms with Gasteiger partial charge in [-0.3, -0.25) is 4.57 Å². The van der Waals surface area contributed by atoms with Crippen LogP contribution in [0.2, 0.25) is 5.02 Å². The molecule has 1 aliphatic rings. The number of anilines is 1. The van der Waals surface area contributed by atoms with Crippen molar-refractivity contribution in [3.8, 4) is 5.69 Å². The Balaban J connectivity index is 2.00. The number of fused-ring (bicyclic) bond motifs is 3. The lowest BCUT2D eigenvalue weighted by Gasteiger charge is -2.31. The number of hydrogen-bond donors (Lipinski definition) is 0. The van der Waals surface area contributed by atoms with E-state index in [0.29, 0.717) is 0 Å². The van der Waals surface area contributed by atoms with Crippen molar-refractivity contribution in [3.63, 3.8) is 0 Å². The zero-order chi connectivity index (χ0) is 14.1. The van der Waals surface area contributed by atoms with Crippen LogP contribution in [0.5, 0.6) is 0 Å². The standard InChI is InChI=1S/C14H17ClN4O/c1-10-16-17-14-9-18(6-3-7-20-2)13-8-11(15)4-5-12(13)19(10)14/h4-5,8H,3,6-7,9H2,1-2H3. The Morgan fingerprint density at radius 1 is 1.30 bits per heavy atom. The van der Waals surface area contributed by atoms with Gasteiger partial charge in [0, 0.05) is 25.3 Å². The minimum absolute atomic E-state index is 0.745. The summed E-state index contributed by atoms with van der Waals surface area (Å²) in [7, 11) is 1.72. The molecule has 20 heavy (non-hydrogen) atoms. The summed E-state index contributed by atoms with van der Waals surface area (Å²) in [5.41, 5.74) is 2.22. The smallest absolute Gasteiger partial charge is 0.157 e. The Labute approximate surface area is 123 Å². The molecule has 0 saturated heterocycles. The number of hydrogen-bond acceptors (Lipinski definition) is 4. The van der Waals surface area contributed by atoms with Gasteiger partial charge < -0.3 is 9.64 Å². The Morgan fingerprint density at radius 3 is 2.95 bits per heavy atom. The number of ether oxygens (including phenoxy) is 1. The SMILES string of the molecule is COCCCN1Cc2nnc(C)n2-c2ccc(Cl)cc21. The Kier molecular flexibility index (Phi) is 3.63. The van der Waals surface area contributed by atoms with Crippen LogP contribution in [0.25, 0.3) is 5.69 Å². The molecule has 0 amide bonds. The number of nitrogens with zero attached hydrogens (tertiary/aromatic N) is 4. The Bertz CT molecular complexity index is 626. The van der Waals surface area contributed by atoms with Gasteiger partial charge in [-0.05, 0) is 31.5 Å². The molecule has 1 aromatic carbocycles. The van der Waals surface area contributed by atoms with Crippen molar-refractivity contribution in [1.82, 2.24) is 14.8 Å². The minimum Gasteiger partial charge on any atom is -0.385 e. The maximum absolute atomic E-state index is 6.15. The minimum atomic E-state index is 0.745. The first kappa shape index (κ1) is 13.4. The summed E-state index contributed by atoms with van der Waals surface area (Å²) in [6.45, 7) is 4.37. The molecule has 3 rings (SSSR count). The lowest BCUT2D eigenvalue weighted by atomic mass is 10.2. The van der Waals surface area contributed by atoms with E-state index in [-0.39, 0.29) is 0 Å². The van der Waals surface area contributed by atoms with Gasteiger partial charge in [0.2, 0.25) is 0 Å². The molecule has 2 heterocycles. The second kappa shape index (κ2) is 5.42. The first-order valence-electron chi connectivity index (χ1n) is 6.65. The molecule has 106 valence electrons. The fourth-order valence-corrected chi connectivity index (χ4v) is 2.78. The first-order valence-corrected chi connectivity index (χ1v) is 7.03. The number of benzene rings is 1. The van der Waals surface area contributed by atoms with Crippen molar-refractivity contribution in [2.24, 2.45) is 0 Å². The summed E-state index contributed by atoms with van der Waals surface area (Å²) in [6, 6.07) is 5.94. The van der Waals surface area contributed by atoms with Crippen LogP contribution >= 0.6 is 11.6 Å². The lowest BCUT2D eigenvalue weighted by Crippen LogP contribution is -2.31. The molecule has 6 heteroatoms. The summed E-state index contributed by atoms with van der Waals surface area (Å²) in [4.78, 5) is 2.28. The van der Waals surface area contributed by atoms with Crippen molar-refractivity contribution < 1.29 is 4.74 Å². The number of aromatic nitrogens is 3. The Hall–Kier alpha value is -1.59. The average Bonchev–Trinajstić information content (AvgIpc) is 2.80. The highest BCUT2D eigenvalue weighted by Gasteiger charge is 2.24. The highest BCUT2D eigenvalue weighted by Crippen LogP contribution is 2.34. The molecule has 0 bridgehead atoms. The molecule has 2 aromatic rings. The molecule has 0 N–H and O–H groups in total. The number of aryl methyl sites for hydroxylation is 1. The van der Waals surface area contributed by atoms with Crippen LogP contribution in [0.4, 0.5) is 5.69 Å². The van der Waals surface area contributed by atoms with Crippen LogP contribution < -0.4 is 4.90 Å². The molecule has 0 atom stereocenters. The van der Waals surface area contributed by atoms with E-state index in [1.165, 1.54) is 0 Å². The molecule has 0 unspecified atom stereocenters. The van der Waals surface area contributed by atoms with Crippen molar-refractivity contribution in [1.29, 1.82) is 0 Å². The number of halogens is 1. The van der Waals surface area contributed by atoms with Gasteiger partial charge in [-0.2, -0.15) is 0 Å². The summed E-state index contributed by atoms with van der Waals surface area (Å²) in [5.74, 6) is 1.87. The third kappa shape index (κ3) is 2.27. The molecule has 5 nitrogen and oxygen atoms in total. The lowest BCUT2D eigenvalue weighted by molar-refractivity contribution is 0.196. The Morgan fingerprint density at radius 2 is 2.15 bits per heavy atom. The molecule has 0 aliphatic carbocycles. The molecular formula is C14H17ClN4O. The van der Waals surface area contributed by atoms with E-state index in [4.69, 9.17) is 16.3 Å². The van der Waals surface area contributed by atoms with E-state index in [1.807, 2.05) is 25.1 Å².